The molecule has 1 heterocycles. The summed E-state index contributed by atoms with van der Waals surface area (Å²) in [6.45, 7) is 0.244. The third kappa shape index (κ3) is 5.31. The summed E-state index contributed by atoms with van der Waals surface area (Å²) in [5.41, 5.74) is 5.17. The number of hydrogen-bond acceptors (Lipinski definition) is 4. The van der Waals surface area contributed by atoms with Gasteiger partial charge >= 0.3 is 0 Å². The number of pyridine rings is 1. The van der Waals surface area contributed by atoms with Crippen molar-refractivity contribution in [2.24, 2.45) is 5.73 Å². The Labute approximate surface area is 113 Å². The molecule has 0 aliphatic carbocycles. The number of nitrogens with one attached hydrogen (secondary N) is 1. The fraction of sp³-hybridized carbons (Fsp3) is 0.300. The number of ether oxygens (including phenoxy) is 1. The molecule has 6 nitrogen and oxygen atoms in total. The summed E-state index contributed by atoms with van der Waals surface area (Å²) in [7, 11) is 0. The van der Waals surface area contributed by atoms with E-state index in [2.05, 4.69) is 10.3 Å². The van der Waals surface area contributed by atoms with Gasteiger partial charge in [-0.15, -0.1) is 0 Å². The second-order valence-corrected chi connectivity index (χ2v) is 4.05. The first-order chi connectivity index (χ1) is 8.49. The maximum Gasteiger partial charge on any atom is 0.251 e. The molecule has 0 saturated carbocycles. The molecule has 0 aromatic carbocycles. The first kappa shape index (κ1) is 14.7. The number of halogens is 2. The van der Waals surface area contributed by atoms with Gasteiger partial charge in [0, 0.05) is 12.1 Å². The van der Waals surface area contributed by atoms with Crippen LogP contribution in [0, 0.1) is 0 Å². The van der Waals surface area contributed by atoms with E-state index in [1.807, 2.05) is 0 Å². The average molecular weight is 292 g/mol. The number of amides is 2. The van der Waals surface area contributed by atoms with Crippen LogP contribution < -0.4 is 11.1 Å². The van der Waals surface area contributed by atoms with E-state index in [0.717, 1.165) is 0 Å². The zero-order valence-corrected chi connectivity index (χ0v) is 10.8. The fourth-order valence-electron chi connectivity index (χ4n) is 1.11. The van der Waals surface area contributed by atoms with Crippen LogP contribution in [-0.2, 0) is 9.53 Å². The van der Waals surface area contributed by atoms with Gasteiger partial charge in [-0.2, -0.15) is 0 Å². The third-order valence-electron chi connectivity index (χ3n) is 1.80. The molecule has 0 aliphatic rings. The van der Waals surface area contributed by atoms with Crippen LogP contribution in [0.5, 0.6) is 0 Å². The average Bonchev–Trinajstić information content (AvgIpc) is 2.26. The minimum absolute atomic E-state index is 0.137. The van der Waals surface area contributed by atoms with Crippen molar-refractivity contribution in [1.82, 2.24) is 10.3 Å². The topological polar surface area (TPSA) is 94.3 Å². The van der Waals surface area contributed by atoms with E-state index in [1.54, 1.807) is 0 Å². The lowest BCUT2D eigenvalue weighted by atomic mass is 10.2. The lowest BCUT2D eigenvalue weighted by Crippen LogP contribution is -2.28. The van der Waals surface area contributed by atoms with Crippen molar-refractivity contribution in [2.45, 2.75) is 0 Å². The molecular formula is C10H11Cl2N3O3. The predicted molar refractivity (Wildman–Crippen MR) is 66.6 cm³/mol. The van der Waals surface area contributed by atoms with Gasteiger partial charge in [-0.1, -0.05) is 23.2 Å². The second-order valence-electron chi connectivity index (χ2n) is 3.28. The Hall–Kier alpha value is -1.37. The number of carbonyl (C=O) groups is 2. The monoisotopic (exact) mass is 291 g/mol. The molecule has 0 bridgehead atoms. The van der Waals surface area contributed by atoms with E-state index in [-0.39, 0.29) is 36.0 Å². The molecule has 0 saturated heterocycles. The summed E-state index contributed by atoms with van der Waals surface area (Å²) in [6.07, 6.45) is 0. The first-order valence-corrected chi connectivity index (χ1v) is 5.72. The second kappa shape index (κ2) is 7.15. The molecule has 8 heteroatoms. The van der Waals surface area contributed by atoms with Crippen molar-refractivity contribution in [1.29, 1.82) is 0 Å². The highest BCUT2D eigenvalue weighted by atomic mass is 35.5. The summed E-state index contributed by atoms with van der Waals surface area (Å²) < 4.78 is 4.88. The normalized spacial score (nSPS) is 10.1. The van der Waals surface area contributed by atoms with Crippen LogP contribution >= 0.6 is 23.2 Å². The van der Waals surface area contributed by atoms with E-state index >= 15 is 0 Å². The summed E-state index contributed by atoms with van der Waals surface area (Å²) in [4.78, 5) is 25.7. The minimum Gasteiger partial charge on any atom is -0.370 e. The van der Waals surface area contributed by atoms with Crippen molar-refractivity contribution >= 4 is 35.0 Å². The Bertz CT molecular complexity index is 434. The summed E-state index contributed by atoms with van der Waals surface area (Å²) in [6, 6.07) is 2.79. The molecule has 0 unspecified atom stereocenters. The molecule has 0 spiro atoms. The number of primary amides is 1. The molecule has 1 rings (SSSR count). The highest BCUT2D eigenvalue weighted by molar-refractivity contribution is 6.33. The zero-order chi connectivity index (χ0) is 13.5. The maximum absolute atomic E-state index is 11.6. The number of nitrogens with zero attached hydrogens (tertiary/aromatic N) is 1. The fourth-order valence-corrected chi connectivity index (χ4v) is 1.57. The third-order valence-corrected chi connectivity index (χ3v) is 2.19. The van der Waals surface area contributed by atoms with Crippen molar-refractivity contribution < 1.29 is 14.3 Å². The Morgan fingerprint density at radius 1 is 1.33 bits per heavy atom. The van der Waals surface area contributed by atoms with Gasteiger partial charge in [0.15, 0.2) is 0 Å². The van der Waals surface area contributed by atoms with Crippen molar-refractivity contribution in [3.8, 4) is 0 Å². The number of rotatable bonds is 6. The molecular weight excluding hydrogens is 281 g/mol. The summed E-state index contributed by atoms with van der Waals surface area (Å²) in [5.74, 6) is -0.919. The Balaban J connectivity index is 2.38. The van der Waals surface area contributed by atoms with Gasteiger partial charge in [0.05, 0.1) is 6.61 Å². The SMILES string of the molecule is NC(=O)COCCNC(=O)c1cc(Cl)nc(Cl)c1. The van der Waals surface area contributed by atoms with Gasteiger partial charge in [0.1, 0.15) is 16.9 Å². The molecule has 1 aromatic rings. The van der Waals surface area contributed by atoms with Crippen LogP contribution in [0.2, 0.25) is 10.3 Å². The molecule has 0 radical (unpaired) electrons. The highest BCUT2D eigenvalue weighted by Gasteiger charge is 2.08. The standard InChI is InChI=1S/C10H11Cl2N3O3/c11-7-3-6(4-8(12)15-7)10(17)14-1-2-18-5-9(13)16/h3-4H,1-2,5H2,(H2,13,16)(H,14,17). The van der Waals surface area contributed by atoms with Crippen molar-refractivity contribution in [3.63, 3.8) is 0 Å². The van der Waals surface area contributed by atoms with E-state index < -0.39 is 5.91 Å². The van der Waals surface area contributed by atoms with Crippen LogP contribution in [0.1, 0.15) is 10.4 Å². The molecule has 98 valence electrons. The summed E-state index contributed by atoms with van der Waals surface area (Å²) >= 11 is 11.3. The Kier molecular flexibility index (Phi) is 5.84. The molecule has 18 heavy (non-hydrogen) atoms. The van der Waals surface area contributed by atoms with E-state index in [4.69, 9.17) is 33.7 Å². The van der Waals surface area contributed by atoms with Crippen molar-refractivity contribution in [3.05, 3.63) is 28.0 Å². The molecule has 0 fully saturated rings. The van der Waals surface area contributed by atoms with Gasteiger partial charge in [-0.05, 0) is 12.1 Å². The highest BCUT2D eigenvalue weighted by Crippen LogP contribution is 2.14. The summed E-state index contributed by atoms with van der Waals surface area (Å²) in [5, 5.41) is 2.84. The Morgan fingerprint density at radius 2 is 1.94 bits per heavy atom. The van der Waals surface area contributed by atoms with Gasteiger partial charge in [-0.3, -0.25) is 9.59 Å². The number of nitrogens with two attached hydrogens (primary N) is 1. The number of carbonyl (C=O) groups excluding carboxylic acids is 2. The van der Waals surface area contributed by atoms with Crippen LogP contribution in [0.25, 0.3) is 0 Å². The van der Waals surface area contributed by atoms with Gasteiger partial charge in [0.25, 0.3) is 5.91 Å². The Morgan fingerprint density at radius 3 is 2.50 bits per heavy atom. The van der Waals surface area contributed by atoms with E-state index in [0.29, 0.717) is 5.56 Å². The molecule has 0 aliphatic heterocycles. The van der Waals surface area contributed by atoms with E-state index in [1.165, 1.54) is 12.1 Å². The van der Waals surface area contributed by atoms with E-state index in [9.17, 15) is 9.59 Å². The lowest BCUT2D eigenvalue weighted by Gasteiger charge is -2.06. The smallest absolute Gasteiger partial charge is 0.251 e. The lowest BCUT2D eigenvalue weighted by molar-refractivity contribution is -0.122. The maximum atomic E-state index is 11.6. The molecule has 2 amide bonds. The van der Waals surface area contributed by atoms with Crippen LogP contribution in [0.4, 0.5) is 0 Å². The minimum atomic E-state index is -0.561. The molecule has 0 atom stereocenters. The van der Waals surface area contributed by atoms with Crippen LogP contribution in [0.15, 0.2) is 12.1 Å². The van der Waals surface area contributed by atoms with Crippen LogP contribution in [0.3, 0.4) is 0 Å². The number of aromatic nitrogens is 1. The molecule has 3 N–H and O–H groups in total. The predicted octanol–water partition coefficient (Wildman–Crippen LogP) is 0.620. The zero-order valence-electron chi connectivity index (χ0n) is 9.28. The van der Waals surface area contributed by atoms with Gasteiger partial charge in [-0.25, -0.2) is 4.98 Å². The first-order valence-electron chi connectivity index (χ1n) is 4.96. The van der Waals surface area contributed by atoms with Crippen LogP contribution in [-0.4, -0.2) is 36.6 Å². The number of hydrogen-bond donors (Lipinski definition) is 2. The molecule has 1 aromatic heterocycles. The van der Waals surface area contributed by atoms with Gasteiger partial charge in [0.2, 0.25) is 5.91 Å². The quantitative estimate of drug-likeness (QED) is 0.593. The van der Waals surface area contributed by atoms with Crippen molar-refractivity contribution in [2.75, 3.05) is 19.8 Å². The van der Waals surface area contributed by atoms with Gasteiger partial charge < -0.3 is 15.8 Å². The largest absolute Gasteiger partial charge is 0.370 e.